The first kappa shape index (κ1) is 32.6. The van der Waals surface area contributed by atoms with Gasteiger partial charge in [0.1, 0.15) is 11.9 Å². The van der Waals surface area contributed by atoms with Gasteiger partial charge >= 0.3 is 0 Å². The molecule has 38 heavy (non-hydrogen) atoms. The molecule has 0 aromatic heterocycles. The van der Waals surface area contributed by atoms with E-state index >= 15 is 0 Å². The molecule has 4 nitrogen and oxygen atoms in total. The van der Waals surface area contributed by atoms with Gasteiger partial charge in [0, 0.05) is 8.95 Å². The minimum Gasteiger partial charge on any atom is -0.398 e. The maximum Gasteiger partial charge on any atom is 0.134 e. The highest BCUT2D eigenvalue weighted by Crippen LogP contribution is 2.30. The fourth-order valence-corrected chi connectivity index (χ4v) is 5.07. The number of hydrogen-bond donors (Lipinski definition) is 2. The average Bonchev–Trinajstić information content (AvgIpc) is 2.84. The maximum absolute atomic E-state index is 8.48. The lowest BCUT2D eigenvalue weighted by Gasteiger charge is -2.07. The van der Waals surface area contributed by atoms with E-state index in [0.29, 0.717) is 52.6 Å². The Balaban J connectivity index is 0.000000224. The van der Waals surface area contributed by atoms with E-state index in [9.17, 15) is 0 Å². The summed E-state index contributed by atoms with van der Waals surface area (Å²) in [4.78, 5) is 4.26. The third-order valence-corrected chi connectivity index (χ3v) is 7.28. The van der Waals surface area contributed by atoms with Crippen LogP contribution in [-0.4, -0.2) is 5.84 Å². The highest BCUT2D eigenvalue weighted by Gasteiger charge is 2.10. The molecule has 0 aliphatic carbocycles. The summed E-state index contributed by atoms with van der Waals surface area (Å²) in [6.07, 6.45) is 0. The monoisotopic (exact) mass is 752 g/mol. The molecular formula is C26H16Br2Cl6N4. The summed E-state index contributed by atoms with van der Waals surface area (Å²) in [6, 6.07) is 22.7. The van der Waals surface area contributed by atoms with Gasteiger partial charge in [-0.05, 0) is 60.7 Å². The molecule has 0 heterocycles. The molecule has 4 rings (SSSR count). The number of rotatable bonds is 2. The Morgan fingerprint density at radius 2 is 1.16 bits per heavy atom. The Morgan fingerprint density at radius 1 is 0.684 bits per heavy atom. The fraction of sp³-hybridized carbons (Fsp3) is 0. The topological polar surface area (TPSA) is 88.2 Å². The van der Waals surface area contributed by atoms with Crippen molar-refractivity contribution in [2.75, 3.05) is 5.73 Å². The van der Waals surface area contributed by atoms with Crippen molar-refractivity contribution in [3.8, 4) is 6.07 Å². The van der Waals surface area contributed by atoms with E-state index in [0.717, 1.165) is 8.95 Å². The molecule has 0 amide bonds. The molecule has 196 valence electrons. The number of hydrogen-bond acceptors (Lipinski definition) is 3. The van der Waals surface area contributed by atoms with Crippen LogP contribution in [0.2, 0.25) is 30.1 Å². The minimum atomic E-state index is 0.222. The Hall–Kier alpha value is -1.66. The van der Waals surface area contributed by atoms with Gasteiger partial charge in [-0.2, -0.15) is 5.26 Å². The van der Waals surface area contributed by atoms with Crippen molar-refractivity contribution in [3.05, 3.63) is 123 Å². The van der Waals surface area contributed by atoms with Crippen LogP contribution in [-0.2, 0) is 0 Å². The first-order valence-corrected chi connectivity index (χ1v) is 14.1. The number of anilines is 1. The largest absolute Gasteiger partial charge is 0.398 e. The zero-order valence-electron chi connectivity index (χ0n) is 19.0. The van der Waals surface area contributed by atoms with Crippen molar-refractivity contribution in [1.82, 2.24) is 0 Å². The first-order valence-electron chi connectivity index (χ1n) is 10.2. The van der Waals surface area contributed by atoms with E-state index in [1.807, 2.05) is 18.2 Å². The smallest absolute Gasteiger partial charge is 0.134 e. The van der Waals surface area contributed by atoms with Gasteiger partial charge in [0.05, 0.1) is 52.6 Å². The highest BCUT2D eigenvalue weighted by molar-refractivity contribution is 9.10. The molecule has 12 heteroatoms. The zero-order valence-corrected chi connectivity index (χ0v) is 26.7. The fourth-order valence-electron chi connectivity index (χ4n) is 2.61. The number of benzene rings is 4. The molecular weight excluding hydrogens is 741 g/mol. The van der Waals surface area contributed by atoms with E-state index in [1.165, 1.54) is 0 Å². The van der Waals surface area contributed by atoms with Crippen LogP contribution >= 0.6 is 101 Å². The maximum atomic E-state index is 8.48. The lowest BCUT2D eigenvalue weighted by molar-refractivity contribution is 1.44. The van der Waals surface area contributed by atoms with Gasteiger partial charge in [0.2, 0.25) is 0 Å². The number of halogens is 8. The van der Waals surface area contributed by atoms with Crippen molar-refractivity contribution >= 4 is 119 Å². The summed E-state index contributed by atoms with van der Waals surface area (Å²) >= 11 is 41.7. The second-order valence-corrected chi connectivity index (χ2v) is 11.3. The van der Waals surface area contributed by atoms with Crippen molar-refractivity contribution in [2.45, 2.75) is 0 Å². The molecule has 4 aromatic rings. The lowest BCUT2D eigenvalue weighted by atomic mass is 10.2. The Morgan fingerprint density at radius 3 is 1.58 bits per heavy atom. The van der Waals surface area contributed by atoms with E-state index in [2.05, 4.69) is 36.9 Å². The van der Waals surface area contributed by atoms with Crippen LogP contribution in [0.4, 0.5) is 11.4 Å². The lowest BCUT2D eigenvalue weighted by Crippen LogP contribution is -2.14. The van der Waals surface area contributed by atoms with Crippen LogP contribution in [0, 0.1) is 11.3 Å². The van der Waals surface area contributed by atoms with E-state index in [-0.39, 0.29) is 5.84 Å². The van der Waals surface area contributed by atoms with Gasteiger partial charge in [-0.3, -0.25) is 0 Å². The van der Waals surface area contributed by atoms with Crippen LogP contribution in [0.15, 0.2) is 86.7 Å². The molecule has 0 aliphatic heterocycles. The molecule has 0 fully saturated rings. The highest BCUT2D eigenvalue weighted by atomic mass is 79.9. The number of nitrogen functional groups attached to an aromatic ring is 1. The van der Waals surface area contributed by atoms with Crippen LogP contribution < -0.4 is 11.5 Å². The summed E-state index contributed by atoms with van der Waals surface area (Å²) in [7, 11) is 0. The quantitative estimate of drug-likeness (QED) is 0.121. The summed E-state index contributed by atoms with van der Waals surface area (Å²) < 4.78 is 1.81. The van der Waals surface area contributed by atoms with Gasteiger partial charge in [-0.15, -0.1) is 0 Å². The molecule has 0 radical (unpaired) electrons. The number of nitrogens with two attached hydrogens (primary N) is 2. The normalized spacial score (nSPS) is 10.4. The van der Waals surface area contributed by atoms with Crippen molar-refractivity contribution in [1.29, 1.82) is 5.26 Å². The van der Waals surface area contributed by atoms with Crippen LogP contribution in [0.3, 0.4) is 0 Å². The van der Waals surface area contributed by atoms with Crippen LogP contribution in [0.5, 0.6) is 0 Å². The molecule has 4 aromatic carbocycles. The third-order valence-electron chi connectivity index (χ3n) is 4.41. The summed E-state index contributed by atoms with van der Waals surface area (Å²) in [6.45, 7) is 0. The van der Waals surface area contributed by atoms with Crippen LogP contribution in [0.1, 0.15) is 11.1 Å². The van der Waals surface area contributed by atoms with Crippen molar-refractivity contribution < 1.29 is 0 Å². The van der Waals surface area contributed by atoms with Gasteiger partial charge < -0.3 is 11.5 Å². The Kier molecular flexibility index (Phi) is 13.5. The molecule has 0 spiro atoms. The number of nitriles is 1. The number of aliphatic imine (C=N–C) groups is 1. The molecule has 0 unspecified atom stereocenters. The Bertz CT molecular complexity index is 1470. The SMILES string of the molecule is N#Cc1c(Cl)cccc1Cl.NC(=Nc1ccc(Br)cc1Cl)c1c(Cl)cccc1Cl.Nc1ccc(Br)cc1Cl. The Labute approximate surface area is 267 Å². The zero-order chi connectivity index (χ0) is 28.4. The minimum absolute atomic E-state index is 0.222. The summed E-state index contributed by atoms with van der Waals surface area (Å²) in [5.74, 6) is 0.222. The standard InChI is InChI=1S/C13H8BrCl3N2.C7H3Cl2N.C6H5BrClN/c14-7-4-5-11(10(17)6-7)19-13(18)12-8(15)2-1-3-9(12)16;8-6-2-1-3-7(9)5(6)4-10;7-4-1-2-6(9)5(8)3-4/h1-6H,(H2,18,19);1-3H;1-3H,9H2. The number of amidine groups is 1. The first-order chi connectivity index (χ1) is 17.9. The van der Waals surface area contributed by atoms with E-state index in [1.54, 1.807) is 60.7 Å². The third kappa shape index (κ3) is 9.82. The molecule has 0 bridgehead atoms. The second kappa shape index (κ2) is 15.8. The van der Waals surface area contributed by atoms with Gasteiger partial charge in [-0.1, -0.05) is 114 Å². The van der Waals surface area contributed by atoms with Crippen molar-refractivity contribution in [2.24, 2.45) is 10.7 Å². The predicted molar refractivity (Wildman–Crippen MR) is 171 cm³/mol. The molecule has 0 saturated heterocycles. The van der Waals surface area contributed by atoms with Gasteiger partial charge in [-0.25, -0.2) is 4.99 Å². The predicted octanol–water partition coefficient (Wildman–Crippen LogP) is 11.0. The molecule has 4 N–H and O–H groups in total. The van der Waals surface area contributed by atoms with Crippen molar-refractivity contribution in [3.63, 3.8) is 0 Å². The summed E-state index contributed by atoms with van der Waals surface area (Å²) in [5.41, 5.74) is 13.4. The summed E-state index contributed by atoms with van der Waals surface area (Å²) in [5, 5.41) is 11.2. The van der Waals surface area contributed by atoms with E-state index < -0.39 is 0 Å². The molecule has 0 aliphatic rings. The van der Waals surface area contributed by atoms with Gasteiger partial charge in [0.25, 0.3) is 0 Å². The van der Waals surface area contributed by atoms with Crippen LogP contribution in [0.25, 0.3) is 0 Å². The molecule has 0 atom stereocenters. The van der Waals surface area contributed by atoms with E-state index in [4.69, 9.17) is 86.3 Å². The van der Waals surface area contributed by atoms with Gasteiger partial charge in [0.15, 0.2) is 0 Å². The average molecular weight is 757 g/mol. The molecule has 0 saturated carbocycles. The second-order valence-electron chi connectivity index (χ2n) is 7.06. The number of nitrogens with zero attached hydrogens (tertiary/aromatic N) is 2.